The minimum absolute atomic E-state index is 0.0159. The van der Waals surface area contributed by atoms with Crippen molar-refractivity contribution >= 4 is 11.6 Å². The van der Waals surface area contributed by atoms with Crippen LogP contribution in [0.25, 0.3) is 0 Å². The molecule has 31 heavy (non-hydrogen) atoms. The fourth-order valence-electron chi connectivity index (χ4n) is 4.94. The van der Waals surface area contributed by atoms with Gasteiger partial charge < -0.3 is 10.2 Å². The molecule has 3 heteroatoms. The van der Waals surface area contributed by atoms with Crippen molar-refractivity contribution in [2.45, 2.75) is 31.8 Å². The highest BCUT2D eigenvalue weighted by atomic mass is 16.1. The molecule has 0 bridgehead atoms. The Labute approximate surface area is 184 Å². The number of hydrogen-bond acceptors (Lipinski definition) is 2. The Balaban J connectivity index is 1.41. The molecule has 1 amide bonds. The van der Waals surface area contributed by atoms with Gasteiger partial charge in [-0.15, -0.1) is 0 Å². The highest BCUT2D eigenvalue weighted by molar-refractivity contribution is 5.95. The number of carbonyl (C=O) groups is 1. The van der Waals surface area contributed by atoms with Crippen LogP contribution in [-0.4, -0.2) is 12.5 Å². The van der Waals surface area contributed by atoms with E-state index < -0.39 is 0 Å². The third kappa shape index (κ3) is 4.00. The third-order valence-electron chi connectivity index (χ3n) is 6.60. The summed E-state index contributed by atoms with van der Waals surface area (Å²) in [6.07, 6.45) is 5.74. The predicted octanol–water partition coefficient (Wildman–Crippen LogP) is 5.86. The van der Waals surface area contributed by atoms with Crippen molar-refractivity contribution in [2.24, 2.45) is 5.92 Å². The first kappa shape index (κ1) is 19.6. The van der Waals surface area contributed by atoms with Crippen LogP contribution in [0.1, 0.15) is 52.4 Å². The number of carbonyl (C=O) groups excluding carboxylic acids is 1. The maximum atomic E-state index is 13.0. The number of amides is 1. The Morgan fingerprint density at radius 2 is 1.77 bits per heavy atom. The molecule has 5 rings (SSSR count). The zero-order valence-electron chi connectivity index (χ0n) is 17.9. The molecular weight excluding hydrogens is 380 g/mol. The second kappa shape index (κ2) is 8.43. The molecule has 1 aliphatic heterocycles. The van der Waals surface area contributed by atoms with Gasteiger partial charge in [0.15, 0.2) is 0 Å². The Morgan fingerprint density at radius 1 is 1.03 bits per heavy atom. The predicted molar refractivity (Wildman–Crippen MR) is 126 cm³/mol. The number of anilines is 1. The SMILES string of the molecule is C[C@H](NC(=O)c1ccc2c(c1)C1C=CCC1CN2Cc1ccccc1)c1ccccc1. The number of hydrogen-bond donors (Lipinski definition) is 1. The van der Waals surface area contributed by atoms with E-state index in [2.05, 4.69) is 64.8 Å². The maximum absolute atomic E-state index is 13.0. The van der Waals surface area contributed by atoms with Crippen molar-refractivity contribution in [3.63, 3.8) is 0 Å². The van der Waals surface area contributed by atoms with E-state index in [1.807, 2.05) is 43.3 Å². The largest absolute Gasteiger partial charge is 0.367 e. The average Bonchev–Trinajstić information content (AvgIpc) is 3.29. The zero-order chi connectivity index (χ0) is 21.2. The lowest BCUT2D eigenvalue weighted by atomic mass is 9.82. The van der Waals surface area contributed by atoms with Crippen LogP contribution in [0.4, 0.5) is 5.69 Å². The summed E-state index contributed by atoms with van der Waals surface area (Å²) in [5, 5.41) is 3.16. The lowest BCUT2D eigenvalue weighted by Crippen LogP contribution is -2.36. The van der Waals surface area contributed by atoms with E-state index in [1.54, 1.807) is 0 Å². The zero-order valence-corrected chi connectivity index (χ0v) is 17.9. The number of allylic oxidation sites excluding steroid dienone is 2. The van der Waals surface area contributed by atoms with Gasteiger partial charge in [-0.1, -0.05) is 72.8 Å². The van der Waals surface area contributed by atoms with Crippen LogP contribution in [0.5, 0.6) is 0 Å². The monoisotopic (exact) mass is 408 g/mol. The lowest BCUT2D eigenvalue weighted by Gasteiger charge is -2.38. The summed E-state index contributed by atoms with van der Waals surface area (Å²) in [6, 6.07) is 26.9. The van der Waals surface area contributed by atoms with Crippen molar-refractivity contribution in [2.75, 3.05) is 11.4 Å². The van der Waals surface area contributed by atoms with E-state index >= 15 is 0 Å². The molecule has 1 N–H and O–H groups in total. The molecule has 0 radical (unpaired) electrons. The number of nitrogens with one attached hydrogen (secondary N) is 1. The second-order valence-corrected chi connectivity index (χ2v) is 8.70. The standard InChI is InChI=1S/C28H28N2O/c1-20(22-11-6-3-7-12-22)29-28(31)23-15-16-27-26(17-23)25-14-8-13-24(25)19-30(27)18-21-9-4-2-5-10-21/h2-12,14-17,20,24-25H,13,18-19H2,1H3,(H,29,31)/t20-,24?,25?/m0/s1. The Kier molecular flexibility index (Phi) is 5.33. The van der Waals surface area contributed by atoms with Gasteiger partial charge in [-0.3, -0.25) is 4.79 Å². The molecule has 0 fully saturated rings. The first-order chi connectivity index (χ1) is 15.2. The van der Waals surface area contributed by atoms with E-state index in [9.17, 15) is 4.79 Å². The van der Waals surface area contributed by atoms with Gasteiger partial charge in [-0.25, -0.2) is 0 Å². The maximum Gasteiger partial charge on any atom is 0.251 e. The number of rotatable bonds is 5. The van der Waals surface area contributed by atoms with Crippen LogP contribution >= 0.6 is 0 Å². The van der Waals surface area contributed by atoms with E-state index in [1.165, 1.54) is 16.8 Å². The van der Waals surface area contributed by atoms with Crippen LogP contribution < -0.4 is 10.2 Å². The molecule has 1 aliphatic carbocycles. The van der Waals surface area contributed by atoms with Crippen molar-refractivity contribution in [1.29, 1.82) is 0 Å². The summed E-state index contributed by atoms with van der Waals surface area (Å²) in [5.74, 6) is 0.969. The highest BCUT2D eigenvalue weighted by Crippen LogP contribution is 2.45. The minimum atomic E-state index is -0.0292. The molecule has 0 saturated carbocycles. The van der Waals surface area contributed by atoms with Gasteiger partial charge in [-0.05, 0) is 54.2 Å². The molecule has 3 atom stereocenters. The average molecular weight is 409 g/mol. The van der Waals surface area contributed by atoms with Gasteiger partial charge in [-0.2, -0.15) is 0 Å². The molecule has 3 aromatic rings. The summed E-state index contributed by atoms with van der Waals surface area (Å²) in [5.41, 5.74) is 5.70. The van der Waals surface area contributed by atoms with E-state index in [0.29, 0.717) is 11.8 Å². The molecule has 3 aromatic carbocycles. The summed E-state index contributed by atoms with van der Waals surface area (Å²) in [6.45, 7) is 3.98. The summed E-state index contributed by atoms with van der Waals surface area (Å²) < 4.78 is 0. The van der Waals surface area contributed by atoms with Gasteiger partial charge in [0.2, 0.25) is 0 Å². The normalized spacial score (nSPS) is 20.1. The molecule has 2 aliphatic rings. The quantitative estimate of drug-likeness (QED) is 0.537. The molecule has 2 unspecified atom stereocenters. The Bertz CT molecular complexity index is 1090. The van der Waals surface area contributed by atoms with Gasteiger partial charge in [0, 0.05) is 30.3 Å². The Morgan fingerprint density at radius 3 is 2.55 bits per heavy atom. The lowest BCUT2D eigenvalue weighted by molar-refractivity contribution is 0.0939. The van der Waals surface area contributed by atoms with Crippen molar-refractivity contribution < 1.29 is 4.79 Å². The molecule has 0 aromatic heterocycles. The summed E-state index contributed by atoms with van der Waals surface area (Å²) in [4.78, 5) is 15.5. The van der Waals surface area contributed by atoms with Crippen LogP contribution in [0.3, 0.4) is 0 Å². The van der Waals surface area contributed by atoms with E-state index in [-0.39, 0.29) is 11.9 Å². The molecule has 3 nitrogen and oxygen atoms in total. The fraction of sp³-hybridized carbons (Fsp3) is 0.250. The third-order valence-corrected chi connectivity index (χ3v) is 6.60. The van der Waals surface area contributed by atoms with Crippen LogP contribution in [0.2, 0.25) is 0 Å². The first-order valence-electron chi connectivity index (χ1n) is 11.1. The van der Waals surface area contributed by atoms with Crippen LogP contribution in [0, 0.1) is 5.92 Å². The summed E-state index contributed by atoms with van der Waals surface area (Å²) >= 11 is 0. The van der Waals surface area contributed by atoms with Crippen LogP contribution in [0.15, 0.2) is 91.0 Å². The number of fused-ring (bicyclic) bond motifs is 3. The fourth-order valence-corrected chi connectivity index (χ4v) is 4.94. The van der Waals surface area contributed by atoms with Crippen LogP contribution in [-0.2, 0) is 6.54 Å². The molecule has 0 spiro atoms. The van der Waals surface area contributed by atoms with Gasteiger partial charge in [0.05, 0.1) is 6.04 Å². The Hall–Kier alpha value is -3.33. The topological polar surface area (TPSA) is 32.3 Å². The van der Waals surface area contributed by atoms with Crippen molar-refractivity contribution in [3.8, 4) is 0 Å². The first-order valence-corrected chi connectivity index (χ1v) is 11.1. The van der Waals surface area contributed by atoms with Crippen molar-refractivity contribution in [3.05, 3.63) is 113 Å². The molecule has 156 valence electrons. The van der Waals surface area contributed by atoms with E-state index in [4.69, 9.17) is 0 Å². The van der Waals surface area contributed by atoms with Gasteiger partial charge >= 0.3 is 0 Å². The molecular formula is C28H28N2O. The number of nitrogens with zero attached hydrogens (tertiary/aromatic N) is 1. The smallest absolute Gasteiger partial charge is 0.251 e. The van der Waals surface area contributed by atoms with Gasteiger partial charge in [0.1, 0.15) is 0 Å². The number of benzene rings is 3. The van der Waals surface area contributed by atoms with E-state index in [0.717, 1.165) is 30.6 Å². The van der Waals surface area contributed by atoms with Gasteiger partial charge in [0.25, 0.3) is 5.91 Å². The molecule has 0 saturated heterocycles. The minimum Gasteiger partial charge on any atom is -0.367 e. The summed E-state index contributed by atoms with van der Waals surface area (Å²) in [7, 11) is 0. The van der Waals surface area contributed by atoms with Crippen molar-refractivity contribution in [1.82, 2.24) is 5.32 Å². The highest BCUT2D eigenvalue weighted by Gasteiger charge is 2.34. The second-order valence-electron chi connectivity index (χ2n) is 8.70. The molecule has 1 heterocycles.